The second-order valence-corrected chi connectivity index (χ2v) is 4.04. The van der Waals surface area contributed by atoms with Crippen molar-refractivity contribution in [2.75, 3.05) is 5.75 Å². The molecule has 0 atom stereocenters. The van der Waals surface area contributed by atoms with Gasteiger partial charge in [-0.25, -0.2) is 8.78 Å². The molecule has 0 fully saturated rings. The number of carbonyl (C=O) groups is 1. The standard InChI is InChI=1S/C10H10F2O2S/c11-8-1-2-9(12)7(5-8)6-15-4-3-10(13)14/h1-2,5H,3-4,6H2,(H,13,14). The first-order valence-electron chi connectivity index (χ1n) is 4.33. The van der Waals surface area contributed by atoms with E-state index in [2.05, 4.69) is 0 Å². The Hall–Kier alpha value is -1.10. The third-order valence-corrected chi connectivity index (χ3v) is 2.73. The smallest absolute Gasteiger partial charge is 0.304 e. The van der Waals surface area contributed by atoms with Crippen molar-refractivity contribution in [3.63, 3.8) is 0 Å². The quantitative estimate of drug-likeness (QED) is 0.793. The molecular formula is C10H10F2O2S. The third-order valence-electron chi connectivity index (χ3n) is 1.73. The maximum Gasteiger partial charge on any atom is 0.304 e. The number of carboxylic acids is 1. The Morgan fingerprint density at radius 1 is 1.40 bits per heavy atom. The van der Waals surface area contributed by atoms with Crippen molar-refractivity contribution in [1.29, 1.82) is 0 Å². The first kappa shape index (κ1) is 12.0. The molecule has 0 aliphatic heterocycles. The Bertz CT molecular complexity index is 355. The number of halogens is 2. The molecule has 0 radical (unpaired) electrons. The fraction of sp³-hybridized carbons (Fsp3) is 0.300. The van der Waals surface area contributed by atoms with Gasteiger partial charge in [-0.1, -0.05) is 0 Å². The summed E-state index contributed by atoms with van der Waals surface area (Å²) in [6, 6.07) is 3.26. The Balaban J connectivity index is 2.43. The molecule has 1 aromatic carbocycles. The van der Waals surface area contributed by atoms with E-state index in [-0.39, 0.29) is 17.7 Å². The minimum absolute atomic E-state index is 0.0294. The summed E-state index contributed by atoms with van der Waals surface area (Å²) < 4.78 is 25.8. The molecule has 0 unspecified atom stereocenters. The van der Waals surface area contributed by atoms with Crippen molar-refractivity contribution < 1.29 is 18.7 Å². The lowest BCUT2D eigenvalue weighted by Crippen LogP contribution is -1.97. The number of hydrogen-bond donors (Lipinski definition) is 1. The van der Waals surface area contributed by atoms with Crippen LogP contribution in [0, 0.1) is 11.6 Å². The van der Waals surface area contributed by atoms with Crippen LogP contribution in [-0.4, -0.2) is 16.8 Å². The van der Waals surface area contributed by atoms with Crippen LogP contribution in [0.2, 0.25) is 0 Å². The molecular weight excluding hydrogens is 222 g/mol. The highest BCUT2D eigenvalue weighted by atomic mass is 32.2. The van der Waals surface area contributed by atoms with E-state index >= 15 is 0 Å². The molecule has 0 aliphatic carbocycles. The second-order valence-electron chi connectivity index (χ2n) is 2.93. The number of thioether (sulfide) groups is 1. The molecule has 0 aromatic heterocycles. The van der Waals surface area contributed by atoms with E-state index in [4.69, 9.17) is 5.11 Å². The maximum absolute atomic E-state index is 13.1. The summed E-state index contributed by atoms with van der Waals surface area (Å²) >= 11 is 1.27. The van der Waals surface area contributed by atoms with Gasteiger partial charge in [0.2, 0.25) is 0 Å². The van der Waals surface area contributed by atoms with E-state index in [0.29, 0.717) is 5.75 Å². The Labute approximate surface area is 90.3 Å². The van der Waals surface area contributed by atoms with Crippen LogP contribution in [0.15, 0.2) is 18.2 Å². The highest BCUT2D eigenvalue weighted by molar-refractivity contribution is 7.98. The van der Waals surface area contributed by atoms with Crippen LogP contribution in [0.5, 0.6) is 0 Å². The zero-order valence-electron chi connectivity index (χ0n) is 7.87. The first-order chi connectivity index (χ1) is 7.09. The molecule has 0 saturated carbocycles. The molecule has 2 nitrogen and oxygen atoms in total. The average Bonchev–Trinajstić information content (AvgIpc) is 2.17. The van der Waals surface area contributed by atoms with Crippen molar-refractivity contribution in [3.8, 4) is 0 Å². The van der Waals surface area contributed by atoms with E-state index in [9.17, 15) is 13.6 Å². The minimum Gasteiger partial charge on any atom is -0.481 e. The summed E-state index contributed by atoms with van der Waals surface area (Å²) in [7, 11) is 0. The number of aliphatic carboxylic acids is 1. The van der Waals surface area contributed by atoms with Gasteiger partial charge < -0.3 is 5.11 Å². The van der Waals surface area contributed by atoms with Gasteiger partial charge >= 0.3 is 5.97 Å². The van der Waals surface area contributed by atoms with Gasteiger partial charge in [-0.15, -0.1) is 0 Å². The molecule has 1 aromatic rings. The molecule has 82 valence electrons. The van der Waals surface area contributed by atoms with Gasteiger partial charge in [0.15, 0.2) is 0 Å². The summed E-state index contributed by atoms with van der Waals surface area (Å²) in [5.74, 6) is -1.14. The van der Waals surface area contributed by atoms with E-state index < -0.39 is 17.6 Å². The van der Waals surface area contributed by atoms with Gasteiger partial charge in [0.1, 0.15) is 11.6 Å². The lowest BCUT2D eigenvalue weighted by molar-refractivity contribution is -0.136. The van der Waals surface area contributed by atoms with Gasteiger partial charge in [0.25, 0.3) is 0 Å². The zero-order valence-corrected chi connectivity index (χ0v) is 8.69. The summed E-state index contributed by atoms with van der Waals surface area (Å²) in [5.41, 5.74) is 0.269. The van der Waals surface area contributed by atoms with E-state index in [1.54, 1.807) is 0 Å². The summed E-state index contributed by atoms with van der Waals surface area (Å²) in [5, 5.41) is 8.36. The predicted molar refractivity (Wildman–Crippen MR) is 54.8 cm³/mol. The van der Waals surface area contributed by atoms with Crippen molar-refractivity contribution in [2.24, 2.45) is 0 Å². The topological polar surface area (TPSA) is 37.3 Å². The van der Waals surface area contributed by atoms with Crippen LogP contribution in [0.3, 0.4) is 0 Å². The van der Waals surface area contributed by atoms with Crippen LogP contribution >= 0.6 is 11.8 Å². The summed E-state index contributed by atoms with van der Waals surface area (Å²) in [6.07, 6.45) is 0.0294. The van der Waals surface area contributed by atoms with Crippen molar-refractivity contribution in [1.82, 2.24) is 0 Å². The highest BCUT2D eigenvalue weighted by Crippen LogP contribution is 2.17. The third kappa shape index (κ3) is 4.29. The molecule has 15 heavy (non-hydrogen) atoms. The number of benzene rings is 1. The monoisotopic (exact) mass is 232 g/mol. The van der Waals surface area contributed by atoms with Gasteiger partial charge in [0.05, 0.1) is 6.42 Å². The van der Waals surface area contributed by atoms with Crippen LogP contribution in [-0.2, 0) is 10.5 Å². The van der Waals surface area contributed by atoms with E-state index in [1.807, 2.05) is 0 Å². The molecule has 5 heteroatoms. The van der Waals surface area contributed by atoms with Crippen LogP contribution in [0.25, 0.3) is 0 Å². The van der Waals surface area contributed by atoms with Crippen molar-refractivity contribution in [2.45, 2.75) is 12.2 Å². The molecule has 0 saturated heterocycles. The van der Waals surface area contributed by atoms with Crippen LogP contribution in [0.1, 0.15) is 12.0 Å². The summed E-state index contributed by atoms with van der Waals surface area (Å²) in [6.45, 7) is 0. The fourth-order valence-corrected chi connectivity index (χ4v) is 1.90. The van der Waals surface area contributed by atoms with E-state index in [0.717, 1.165) is 18.2 Å². The molecule has 1 rings (SSSR count). The molecule has 0 heterocycles. The molecule has 0 amide bonds. The highest BCUT2D eigenvalue weighted by Gasteiger charge is 2.04. The summed E-state index contributed by atoms with van der Waals surface area (Å²) in [4.78, 5) is 10.2. The molecule has 0 spiro atoms. The Morgan fingerprint density at radius 2 is 2.13 bits per heavy atom. The fourth-order valence-electron chi connectivity index (χ4n) is 0.996. The lowest BCUT2D eigenvalue weighted by Gasteiger charge is -2.02. The van der Waals surface area contributed by atoms with E-state index in [1.165, 1.54) is 11.8 Å². The predicted octanol–water partition coefficient (Wildman–Crippen LogP) is 2.67. The maximum atomic E-state index is 13.1. The SMILES string of the molecule is O=C(O)CCSCc1cc(F)ccc1F. The molecule has 0 aliphatic rings. The molecule has 1 N–H and O–H groups in total. The first-order valence-corrected chi connectivity index (χ1v) is 5.48. The largest absolute Gasteiger partial charge is 0.481 e. The Morgan fingerprint density at radius 3 is 2.80 bits per heavy atom. The van der Waals surface area contributed by atoms with Crippen LogP contribution in [0.4, 0.5) is 8.78 Å². The number of hydrogen-bond acceptors (Lipinski definition) is 2. The van der Waals surface area contributed by atoms with Gasteiger partial charge in [-0.3, -0.25) is 4.79 Å². The normalized spacial score (nSPS) is 10.3. The van der Waals surface area contributed by atoms with Gasteiger partial charge in [-0.2, -0.15) is 11.8 Å². The second kappa shape index (κ2) is 5.70. The van der Waals surface area contributed by atoms with Crippen molar-refractivity contribution >= 4 is 17.7 Å². The lowest BCUT2D eigenvalue weighted by atomic mass is 10.2. The average molecular weight is 232 g/mol. The van der Waals surface area contributed by atoms with Crippen LogP contribution < -0.4 is 0 Å². The molecule has 0 bridgehead atoms. The minimum atomic E-state index is -0.887. The Kier molecular flexibility index (Phi) is 4.55. The van der Waals surface area contributed by atoms with Gasteiger partial charge in [0, 0.05) is 17.1 Å². The van der Waals surface area contributed by atoms with Gasteiger partial charge in [-0.05, 0) is 18.2 Å². The zero-order chi connectivity index (χ0) is 11.3. The number of rotatable bonds is 5. The van der Waals surface area contributed by atoms with Crippen molar-refractivity contribution in [3.05, 3.63) is 35.4 Å². The number of carboxylic acid groups (broad SMARTS) is 1.